The molecule has 0 unspecified atom stereocenters. The normalized spacial score (nSPS) is 15.8. The molecule has 1 fully saturated rings. The zero-order valence-electron chi connectivity index (χ0n) is 13.7. The van der Waals surface area contributed by atoms with Crippen molar-refractivity contribution in [2.75, 3.05) is 20.2 Å². The number of alkyl halides is 3. The SMILES string of the molecule is COC(=O)C1(NC(=O)c2cncnc2)CCNCC1.O=C(O)C(F)(F)F. The van der Waals surface area contributed by atoms with Gasteiger partial charge in [-0.2, -0.15) is 13.2 Å². The maximum Gasteiger partial charge on any atom is 0.490 e. The van der Waals surface area contributed by atoms with Crippen LogP contribution in [0.4, 0.5) is 13.2 Å². The molecular weight excluding hydrogens is 361 g/mol. The van der Waals surface area contributed by atoms with E-state index in [0.29, 0.717) is 31.5 Å². The Morgan fingerprint density at radius 3 is 2.15 bits per heavy atom. The minimum Gasteiger partial charge on any atom is -0.475 e. The van der Waals surface area contributed by atoms with Crippen LogP contribution in [-0.4, -0.2) is 64.8 Å². The second kappa shape index (κ2) is 9.08. The topological polar surface area (TPSA) is 131 Å². The highest BCUT2D eigenvalue weighted by Crippen LogP contribution is 2.20. The van der Waals surface area contributed by atoms with Crippen LogP contribution in [0, 0.1) is 0 Å². The Balaban J connectivity index is 0.000000412. The Bertz CT molecular complexity index is 633. The lowest BCUT2D eigenvalue weighted by Gasteiger charge is -2.35. The van der Waals surface area contributed by atoms with Crippen molar-refractivity contribution >= 4 is 17.8 Å². The summed E-state index contributed by atoms with van der Waals surface area (Å²) in [5.74, 6) is -3.54. The summed E-state index contributed by atoms with van der Waals surface area (Å²) >= 11 is 0. The third kappa shape index (κ3) is 5.95. The summed E-state index contributed by atoms with van der Waals surface area (Å²) < 4.78 is 36.6. The van der Waals surface area contributed by atoms with Gasteiger partial charge in [0.1, 0.15) is 11.9 Å². The van der Waals surface area contributed by atoms with Gasteiger partial charge in [-0.3, -0.25) is 4.79 Å². The van der Waals surface area contributed by atoms with Crippen LogP contribution in [0.1, 0.15) is 23.2 Å². The fourth-order valence-corrected chi connectivity index (χ4v) is 2.13. The quantitative estimate of drug-likeness (QED) is 0.633. The maximum absolute atomic E-state index is 12.1. The van der Waals surface area contributed by atoms with Crippen LogP contribution in [0.2, 0.25) is 0 Å². The lowest BCUT2D eigenvalue weighted by molar-refractivity contribution is -0.192. The summed E-state index contributed by atoms with van der Waals surface area (Å²) in [7, 11) is 1.32. The largest absolute Gasteiger partial charge is 0.490 e. The number of methoxy groups -OCH3 is 1. The van der Waals surface area contributed by atoms with Gasteiger partial charge in [0.05, 0.1) is 12.7 Å². The van der Waals surface area contributed by atoms with E-state index in [0.717, 1.165) is 0 Å². The minimum absolute atomic E-state index is 0.323. The van der Waals surface area contributed by atoms with E-state index in [1.807, 2.05) is 0 Å². The number of ether oxygens (including phenoxy) is 1. The van der Waals surface area contributed by atoms with E-state index in [1.165, 1.54) is 25.8 Å². The predicted octanol–water partition coefficient (Wildman–Crippen LogP) is 0.135. The summed E-state index contributed by atoms with van der Waals surface area (Å²) in [6.45, 7) is 1.31. The Morgan fingerprint density at radius 1 is 1.23 bits per heavy atom. The number of carbonyl (C=O) groups excluding carboxylic acids is 2. The number of carboxylic acids is 1. The van der Waals surface area contributed by atoms with Gasteiger partial charge in [0, 0.05) is 12.4 Å². The minimum atomic E-state index is -5.08. The van der Waals surface area contributed by atoms with Gasteiger partial charge in [-0.25, -0.2) is 19.6 Å². The molecule has 2 rings (SSSR count). The number of carboxylic acid groups (broad SMARTS) is 1. The molecular formula is C14H17F3N4O5. The highest BCUT2D eigenvalue weighted by Gasteiger charge is 2.42. The summed E-state index contributed by atoms with van der Waals surface area (Å²) in [5.41, 5.74) is -0.642. The van der Waals surface area contributed by atoms with Crippen molar-refractivity contribution in [3.63, 3.8) is 0 Å². The average Bonchev–Trinajstić information content (AvgIpc) is 2.62. The van der Waals surface area contributed by atoms with Crippen LogP contribution in [0.3, 0.4) is 0 Å². The molecule has 0 spiro atoms. The number of carbonyl (C=O) groups is 3. The smallest absolute Gasteiger partial charge is 0.475 e. The molecule has 12 heteroatoms. The molecule has 1 aliphatic heterocycles. The first kappa shape index (κ1) is 21.3. The van der Waals surface area contributed by atoms with E-state index in [9.17, 15) is 22.8 Å². The Labute approximate surface area is 146 Å². The zero-order chi connectivity index (χ0) is 19.8. The molecule has 144 valence electrons. The maximum atomic E-state index is 12.1. The molecule has 0 aliphatic carbocycles. The highest BCUT2D eigenvalue weighted by atomic mass is 19.4. The first-order valence-corrected chi connectivity index (χ1v) is 7.29. The number of hydrogen-bond donors (Lipinski definition) is 3. The molecule has 1 aliphatic rings. The molecule has 1 amide bonds. The molecule has 26 heavy (non-hydrogen) atoms. The predicted molar refractivity (Wildman–Crippen MR) is 80.0 cm³/mol. The van der Waals surface area contributed by atoms with Crippen LogP contribution in [0.5, 0.6) is 0 Å². The number of nitrogens with zero attached hydrogens (tertiary/aromatic N) is 2. The standard InChI is InChI=1S/C12H16N4O3.C2HF3O2/c1-19-11(18)12(2-4-13-5-3-12)16-10(17)9-6-14-8-15-7-9;3-2(4,5)1(6)7/h6-8,13H,2-5H2,1H3,(H,16,17);(H,6,7). The van der Waals surface area contributed by atoms with Crippen molar-refractivity contribution in [3.05, 3.63) is 24.3 Å². The fourth-order valence-electron chi connectivity index (χ4n) is 2.13. The van der Waals surface area contributed by atoms with Crippen molar-refractivity contribution in [2.24, 2.45) is 0 Å². The van der Waals surface area contributed by atoms with Gasteiger partial charge in [0.25, 0.3) is 5.91 Å². The summed E-state index contributed by atoms with van der Waals surface area (Å²) in [4.78, 5) is 40.5. The van der Waals surface area contributed by atoms with Crippen molar-refractivity contribution < 1.29 is 37.4 Å². The molecule has 0 radical (unpaired) electrons. The average molecular weight is 378 g/mol. The van der Waals surface area contributed by atoms with Crippen LogP contribution in [-0.2, 0) is 14.3 Å². The number of aromatic nitrogens is 2. The fraction of sp³-hybridized carbons (Fsp3) is 0.500. The third-order valence-electron chi connectivity index (χ3n) is 3.45. The van der Waals surface area contributed by atoms with Gasteiger partial charge >= 0.3 is 18.1 Å². The number of rotatable bonds is 3. The van der Waals surface area contributed by atoms with Crippen molar-refractivity contribution in [1.82, 2.24) is 20.6 Å². The lowest BCUT2D eigenvalue weighted by atomic mass is 9.88. The molecule has 1 saturated heterocycles. The Kier molecular flexibility index (Phi) is 7.43. The first-order valence-electron chi connectivity index (χ1n) is 7.29. The Hall–Kier alpha value is -2.76. The van der Waals surface area contributed by atoms with E-state index in [1.54, 1.807) is 0 Å². The number of piperidine rings is 1. The summed E-state index contributed by atoms with van der Waals surface area (Å²) in [5, 5.41) is 13.0. The van der Waals surface area contributed by atoms with Gasteiger partial charge in [0.15, 0.2) is 0 Å². The summed E-state index contributed by atoms with van der Waals surface area (Å²) in [6.07, 6.45) is 0.0817. The van der Waals surface area contributed by atoms with Gasteiger partial charge in [-0.05, 0) is 25.9 Å². The van der Waals surface area contributed by atoms with Crippen molar-refractivity contribution in [2.45, 2.75) is 24.6 Å². The number of hydrogen-bond acceptors (Lipinski definition) is 7. The second-order valence-electron chi connectivity index (χ2n) is 5.21. The molecule has 9 nitrogen and oxygen atoms in total. The lowest BCUT2D eigenvalue weighted by Crippen LogP contribution is -2.59. The second-order valence-corrected chi connectivity index (χ2v) is 5.21. The highest BCUT2D eigenvalue weighted by molar-refractivity contribution is 5.97. The van der Waals surface area contributed by atoms with E-state index in [4.69, 9.17) is 14.6 Å². The number of halogens is 3. The summed E-state index contributed by atoms with van der Waals surface area (Å²) in [6, 6.07) is 0. The van der Waals surface area contributed by atoms with E-state index < -0.39 is 23.7 Å². The van der Waals surface area contributed by atoms with Crippen LogP contribution in [0.15, 0.2) is 18.7 Å². The van der Waals surface area contributed by atoms with Gasteiger partial charge in [-0.1, -0.05) is 0 Å². The number of amides is 1. The molecule has 0 atom stereocenters. The zero-order valence-corrected chi connectivity index (χ0v) is 13.7. The number of nitrogens with one attached hydrogen (secondary N) is 2. The van der Waals surface area contributed by atoms with Crippen LogP contribution < -0.4 is 10.6 Å². The molecule has 0 aromatic carbocycles. The molecule has 3 N–H and O–H groups in total. The van der Waals surface area contributed by atoms with Crippen molar-refractivity contribution in [3.8, 4) is 0 Å². The van der Waals surface area contributed by atoms with E-state index in [2.05, 4.69) is 20.6 Å². The van der Waals surface area contributed by atoms with Crippen LogP contribution in [0.25, 0.3) is 0 Å². The van der Waals surface area contributed by atoms with Gasteiger partial charge in [0.2, 0.25) is 0 Å². The molecule has 1 aromatic rings. The van der Waals surface area contributed by atoms with Crippen molar-refractivity contribution in [1.29, 1.82) is 0 Å². The van der Waals surface area contributed by atoms with Gasteiger partial charge in [-0.15, -0.1) is 0 Å². The van der Waals surface area contributed by atoms with E-state index in [-0.39, 0.29) is 5.91 Å². The molecule has 0 bridgehead atoms. The van der Waals surface area contributed by atoms with E-state index >= 15 is 0 Å². The Morgan fingerprint density at radius 2 is 1.73 bits per heavy atom. The molecule has 1 aromatic heterocycles. The number of esters is 1. The first-order chi connectivity index (χ1) is 12.1. The molecule has 0 saturated carbocycles. The number of aliphatic carboxylic acids is 1. The third-order valence-corrected chi connectivity index (χ3v) is 3.45. The molecule has 2 heterocycles. The van der Waals surface area contributed by atoms with Gasteiger partial charge < -0.3 is 20.5 Å². The van der Waals surface area contributed by atoms with Crippen LogP contribution >= 0.6 is 0 Å². The monoisotopic (exact) mass is 378 g/mol.